The summed E-state index contributed by atoms with van der Waals surface area (Å²) < 4.78 is 0. The minimum Gasteiger partial charge on any atom is -0.329 e. The van der Waals surface area contributed by atoms with Crippen LogP contribution in [0.3, 0.4) is 0 Å². The molecule has 0 aliphatic heterocycles. The number of nitrogens with two attached hydrogens (primary N) is 1. The van der Waals surface area contributed by atoms with Crippen molar-refractivity contribution in [1.29, 1.82) is 0 Å². The first-order valence-corrected chi connectivity index (χ1v) is 7.59. The van der Waals surface area contributed by atoms with E-state index >= 15 is 0 Å². The van der Waals surface area contributed by atoms with Gasteiger partial charge >= 0.3 is 0 Å². The van der Waals surface area contributed by atoms with Crippen LogP contribution in [0.1, 0.15) is 66.2 Å². The molecule has 1 atom stereocenters. The fourth-order valence-corrected chi connectivity index (χ4v) is 3.30. The molecule has 0 saturated heterocycles. The number of nitrogens with zero attached hydrogens (tertiary/aromatic N) is 1. The van der Waals surface area contributed by atoms with Gasteiger partial charge in [-0.1, -0.05) is 26.7 Å². The highest BCUT2D eigenvalue weighted by molar-refractivity contribution is 5.03. The fourth-order valence-electron chi connectivity index (χ4n) is 3.30. The molecular weight excluding hydrogens is 208 g/mol. The van der Waals surface area contributed by atoms with Gasteiger partial charge in [-0.15, -0.1) is 0 Å². The van der Waals surface area contributed by atoms with Crippen LogP contribution in [0.15, 0.2) is 0 Å². The zero-order valence-electron chi connectivity index (χ0n) is 12.3. The van der Waals surface area contributed by atoms with Crippen LogP contribution >= 0.6 is 0 Å². The van der Waals surface area contributed by atoms with Crippen LogP contribution in [0, 0.1) is 5.92 Å². The molecule has 2 heteroatoms. The van der Waals surface area contributed by atoms with E-state index in [0.717, 1.165) is 12.5 Å². The van der Waals surface area contributed by atoms with E-state index in [-0.39, 0.29) is 0 Å². The summed E-state index contributed by atoms with van der Waals surface area (Å²) in [5, 5.41) is 0. The first kappa shape index (κ1) is 15.0. The molecule has 0 aromatic rings. The van der Waals surface area contributed by atoms with Crippen molar-refractivity contribution in [2.24, 2.45) is 11.7 Å². The molecule has 0 aromatic heterocycles. The monoisotopic (exact) mass is 240 g/mol. The van der Waals surface area contributed by atoms with Gasteiger partial charge in [-0.25, -0.2) is 0 Å². The smallest absolute Gasteiger partial charge is 0.0359 e. The third-order valence-corrected chi connectivity index (χ3v) is 4.50. The number of rotatable bonds is 9. The molecule has 1 fully saturated rings. The van der Waals surface area contributed by atoms with Crippen LogP contribution in [-0.2, 0) is 0 Å². The lowest BCUT2D eigenvalue weighted by molar-refractivity contribution is 0.0372. The van der Waals surface area contributed by atoms with Gasteiger partial charge in [0.2, 0.25) is 0 Å². The molecule has 1 saturated carbocycles. The molecule has 0 bridgehead atoms. The Morgan fingerprint density at radius 1 is 1.24 bits per heavy atom. The van der Waals surface area contributed by atoms with Gasteiger partial charge in [0, 0.05) is 18.1 Å². The van der Waals surface area contributed by atoms with Crippen molar-refractivity contribution < 1.29 is 0 Å². The molecule has 0 radical (unpaired) electrons. The zero-order valence-corrected chi connectivity index (χ0v) is 12.3. The normalized spacial score (nSPS) is 19.9. The lowest BCUT2D eigenvalue weighted by atomic mass is 9.86. The predicted molar refractivity (Wildman–Crippen MR) is 76.2 cm³/mol. The minimum absolute atomic E-state index is 0.294. The molecule has 0 heterocycles. The first-order valence-electron chi connectivity index (χ1n) is 7.59. The van der Waals surface area contributed by atoms with Crippen molar-refractivity contribution in [2.75, 3.05) is 13.1 Å². The Labute approximate surface area is 108 Å². The lowest BCUT2D eigenvalue weighted by Crippen LogP contribution is -2.58. The Kier molecular flexibility index (Phi) is 5.94. The Morgan fingerprint density at radius 2 is 1.88 bits per heavy atom. The van der Waals surface area contributed by atoms with Crippen molar-refractivity contribution >= 4 is 0 Å². The van der Waals surface area contributed by atoms with E-state index in [1.165, 1.54) is 45.1 Å². The van der Waals surface area contributed by atoms with E-state index in [1.807, 2.05) is 0 Å². The molecule has 102 valence electrons. The van der Waals surface area contributed by atoms with Gasteiger partial charge in [0.15, 0.2) is 0 Å². The highest BCUT2D eigenvalue weighted by atomic mass is 15.2. The van der Waals surface area contributed by atoms with Crippen molar-refractivity contribution in [3.05, 3.63) is 0 Å². The maximum absolute atomic E-state index is 6.16. The summed E-state index contributed by atoms with van der Waals surface area (Å²) >= 11 is 0. The maximum Gasteiger partial charge on any atom is 0.0359 e. The number of hydrogen-bond acceptors (Lipinski definition) is 2. The van der Waals surface area contributed by atoms with E-state index in [4.69, 9.17) is 5.73 Å². The average Bonchev–Trinajstić information content (AvgIpc) is 3.13. The van der Waals surface area contributed by atoms with Crippen LogP contribution in [0.2, 0.25) is 0 Å². The lowest BCUT2D eigenvalue weighted by Gasteiger charge is -2.46. The van der Waals surface area contributed by atoms with Gasteiger partial charge in [-0.2, -0.15) is 0 Å². The van der Waals surface area contributed by atoms with Crippen LogP contribution in [-0.4, -0.2) is 29.6 Å². The summed E-state index contributed by atoms with van der Waals surface area (Å²) in [6.45, 7) is 11.3. The molecule has 1 aliphatic rings. The van der Waals surface area contributed by atoms with Gasteiger partial charge in [-0.3, -0.25) is 4.90 Å². The highest BCUT2D eigenvalue weighted by Gasteiger charge is 2.47. The Bertz CT molecular complexity index is 205. The van der Waals surface area contributed by atoms with Crippen LogP contribution in [0.25, 0.3) is 0 Å². The topological polar surface area (TPSA) is 29.3 Å². The standard InChI is InChI=1S/C15H32N2/c1-5-7-8-11-17(13(3)4)15(6-2,12-16)14-9-10-14/h13-14H,5-12,16H2,1-4H3. The van der Waals surface area contributed by atoms with Crippen molar-refractivity contribution in [3.8, 4) is 0 Å². The van der Waals surface area contributed by atoms with Crippen molar-refractivity contribution in [3.63, 3.8) is 0 Å². The third-order valence-electron chi connectivity index (χ3n) is 4.50. The summed E-state index contributed by atoms with van der Waals surface area (Å²) in [5.74, 6) is 0.863. The largest absolute Gasteiger partial charge is 0.329 e. The molecule has 0 spiro atoms. The van der Waals surface area contributed by atoms with Gasteiger partial charge in [0.25, 0.3) is 0 Å². The van der Waals surface area contributed by atoms with E-state index in [0.29, 0.717) is 11.6 Å². The number of unbranched alkanes of at least 4 members (excludes halogenated alkanes) is 2. The van der Waals surface area contributed by atoms with Gasteiger partial charge in [-0.05, 0) is 52.0 Å². The fraction of sp³-hybridized carbons (Fsp3) is 1.00. The molecule has 0 amide bonds. The molecule has 1 aliphatic carbocycles. The van der Waals surface area contributed by atoms with Crippen LogP contribution in [0.5, 0.6) is 0 Å². The summed E-state index contributed by atoms with van der Waals surface area (Å²) in [6.07, 6.45) is 7.96. The molecule has 1 unspecified atom stereocenters. The van der Waals surface area contributed by atoms with Gasteiger partial charge < -0.3 is 5.73 Å². The van der Waals surface area contributed by atoms with E-state index < -0.39 is 0 Å². The number of hydrogen-bond donors (Lipinski definition) is 1. The van der Waals surface area contributed by atoms with Crippen LogP contribution in [0.4, 0.5) is 0 Å². The Morgan fingerprint density at radius 3 is 2.24 bits per heavy atom. The molecule has 0 aromatic carbocycles. The van der Waals surface area contributed by atoms with E-state index in [1.54, 1.807) is 0 Å². The maximum atomic E-state index is 6.16. The molecule has 2 N–H and O–H groups in total. The van der Waals surface area contributed by atoms with E-state index in [9.17, 15) is 0 Å². The summed E-state index contributed by atoms with van der Waals surface area (Å²) in [7, 11) is 0. The summed E-state index contributed by atoms with van der Waals surface area (Å²) in [6, 6.07) is 0.621. The van der Waals surface area contributed by atoms with Crippen molar-refractivity contribution in [2.45, 2.75) is 77.8 Å². The SMILES string of the molecule is CCCCCN(C(C)C)C(CC)(CN)C1CC1. The van der Waals surface area contributed by atoms with E-state index in [2.05, 4.69) is 32.6 Å². The molecule has 2 nitrogen and oxygen atoms in total. The summed E-state index contributed by atoms with van der Waals surface area (Å²) in [5.41, 5.74) is 6.45. The predicted octanol–water partition coefficient (Wildman–Crippen LogP) is 3.40. The minimum atomic E-state index is 0.294. The quantitative estimate of drug-likeness (QED) is 0.626. The second-order valence-electron chi connectivity index (χ2n) is 5.93. The second-order valence-corrected chi connectivity index (χ2v) is 5.93. The Hall–Kier alpha value is -0.0800. The van der Waals surface area contributed by atoms with Crippen molar-refractivity contribution in [1.82, 2.24) is 4.90 Å². The first-order chi connectivity index (χ1) is 8.12. The highest BCUT2D eigenvalue weighted by Crippen LogP contribution is 2.45. The van der Waals surface area contributed by atoms with Gasteiger partial charge in [0.1, 0.15) is 0 Å². The molecule has 17 heavy (non-hydrogen) atoms. The summed E-state index contributed by atoms with van der Waals surface area (Å²) in [4.78, 5) is 2.71. The third kappa shape index (κ3) is 3.45. The average molecular weight is 240 g/mol. The Balaban J connectivity index is 2.70. The van der Waals surface area contributed by atoms with Crippen LogP contribution < -0.4 is 5.73 Å². The molecule has 1 rings (SSSR count). The van der Waals surface area contributed by atoms with Gasteiger partial charge in [0.05, 0.1) is 0 Å². The zero-order chi connectivity index (χ0) is 12.9. The second kappa shape index (κ2) is 6.75. The molecular formula is C15H32N2.